The van der Waals surface area contributed by atoms with Crippen LogP contribution in [0.1, 0.15) is 48.0 Å². The first-order valence-electron chi connectivity index (χ1n) is 7.16. The molecule has 3 nitrogen and oxygen atoms in total. The monoisotopic (exact) mass is 339 g/mol. The zero-order chi connectivity index (χ0) is 14.7. The summed E-state index contributed by atoms with van der Waals surface area (Å²) < 4.78 is 5.79. The van der Waals surface area contributed by atoms with E-state index in [0.29, 0.717) is 11.6 Å². The van der Waals surface area contributed by atoms with E-state index in [9.17, 15) is 4.79 Å². The van der Waals surface area contributed by atoms with Gasteiger partial charge in [-0.05, 0) is 37.5 Å². The van der Waals surface area contributed by atoms with Gasteiger partial charge in [0.15, 0.2) is 0 Å². The van der Waals surface area contributed by atoms with Gasteiger partial charge in [-0.1, -0.05) is 35.2 Å². The minimum atomic E-state index is -0.276. The van der Waals surface area contributed by atoms with Crippen LogP contribution >= 0.6 is 15.9 Å². The van der Waals surface area contributed by atoms with Crippen molar-refractivity contribution in [3.63, 3.8) is 0 Å². The van der Waals surface area contributed by atoms with Crippen molar-refractivity contribution in [1.82, 2.24) is 0 Å². The molecule has 1 aromatic rings. The molecule has 0 unspecified atom stereocenters. The number of ether oxygens (including phenoxy) is 1. The minimum absolute atomic E-state index is 0.276. The number of carbonyl (C=O) groups excluding carboxylic acids is 1. The van der Waals surface area contributed by atoms with Crippen LogP contribution in [0.5, 0.6) is 0 Å². The second-order valence-electron chi connectivity index (χ2n) is 5.49. The number of esters is 1. The largest absolute Gasteiger partial charge is 0.465 e. The molecule has 0 amide bonds. The van der Waals surface area contributed by atoms with E-state index < -0.39 is 0 Å². The van der Waals surface area contributed by atoms with Crippen LogP contribution in [0.3, 0.4) is 0 Å². The summed E-state index contributed by atoms with van der Waals surface area (Å²) in [4.78, 5) is 14.2. The molecule has 0 aliphatic heterocycles. The van der Waals surface area contributed by atoms with Crippen molar-refractivity contribution in [2.24, 2.45) is 0 Å². The second-order valence-corrected chi connectivity index (χ2v) is 6.41. The maximum Gasteiger partial charge on any atom is 0.338 e. The van der Waals surface area contributed by atoms with Crippen LogP contribution in [-0.4, -0.2) is 26.2 Å². The number of halogens is 1. The SMILES string of the molecule is COC(=O)c1cc(Br)cc(N(C)C2CCCCC2)c1C. The van der Waals surface area contributed by atoms with E-state index in [0.717, 1.165) is 15.7 Å². The lowest BCUT2D eigenvalue weighted by Crippen LogP contribution is -2.34. The summed E-state index contributed by atoms with van der Waals surface area (Å²) in [6.45, 7) is 1.99. The smallest absolute Gasteiger partial charge is 0.338 e. The van der Waals surface area contributed by atoms with Crippen molar-refractivity contribution in [3.05, 3.63) is 27.7 Å². The zero-order valence-corrected chi connectivity index (χ0v) is 14.0. The fraction of sp³-hybridized carbons (Fsp3) is 0.562. The molecule has 1 aliphatic rings. The third kappa shape index (κ3) is 3.17. The van der Waals surface area contributed by atoms with Gasteiger partial charge in [-0.15, -0.1) is 0 Å². The number of carbonyl (C=O) groups is 1. The van der Waals surface area contributed by atoms with Gasteiger partial charge in [0.05, 0.1) is 12.7 Å². The van der Waals surface area contributed by atoms with E-state index in [1.807, 2.05) is 13.0 Å². The molecular formula is C16H22BrNO2. The average Bonchev–Trinajstić information content (AvgIpc) is 2.48. The molecule has 0 bridgehead atoms. The first-order valence-corrected chi connectivity index (χ1v) is 7.95. The summed E-state index contributed by atoms with van der Waals surface area (Å²) in [5, 5.41) is 0. The van der Waals surface area contributed by atoms with E-state index in [4.69, 9.17) is 4.74 Å². The summed E-state index contributed by atoms with van der Waals surface area (Å²) in [5.74, 6) is -0.276. The molecular weight excluding hydrogens is 318 g/mol. The van der Waals surface area contributed by atoms with E-state index in [1.165, 1.54) is 39.2 Å². The fourth-order valence-electron chi connectivity index (χ4n) is 3.02. The van der Waals surface area contributed by atoms with Crippen LogP contribution in [0.2, 0.25) is 0 Å². The zero-order valence-electron chi connectivity index (χ0n) is 12.4. The molecule has 1 saturated carbocycles. The molecule has 0 saturated heterocycles. The van der Waals surface area contributed by atoms with Crippen LogP contribution in [0.25, 0.3) is 0 Å². The highest BCUT2D eigenvalue weighted by Gasteiger charge is 2.22. The molecule has 1 aromatic carbocycles. The molecule has 20 heavy (non-hydrogen) atoms. The van der Waals surface area contributed by atoms with E-state index in [1.54, 1.807) is 0 Å². The quantitative estimate of drug-likeness (QED) is 0.768. The molecule has 0 N–H and O–H groups in total. The standard InChI is InChI=1S/C16H22BrNO2/c1-11-14(16(19)20-3)9-12(17)10-15(11)18(2)13-7-5-4-6-8-13/h9-10,13H,4-8H2,1-3H3. The third-order valence-corrected chi connectivity index (χ3v) is 4.71. The Morgan fingerprint density at radius 2 is 1.95 bits per heavy atom. The number of hydrogen-bond donors (Lipinski definition) is 0. The number of nitrogens with zero attached hydrogens (tertiary/aromatic N) is 1. The lowest BCUT2D eigenvalue weighted by atomic mass is 9.93. The summed E-state index contributed by atoms with van der Waals surface area (Å²) in [7, 11) is 3.55. The lowest BCUT2D eigenvalue weighted by molar-refractivity contribution is 0.0600. The van der Waals surface area contributed by atoms with Crippen molar-refractivity contribution in [2.45, 2.75) is 45.1 Å². The Morgan fingerprint density at radius 1 is 1.30 bits per heavy atom. The van der Waals surface area contributed by atoms with E-state index in [2.05, 4.69) is 33.9 Å². The normalized spacial score (nSPS) is 16.0. The number of benzene rings is 1. The number of rotatable bonds is 3. The molecule has 1 fully saturated rings. The Balaban J connectivity index is 2.35. The van der Waals surface area contributed by atoms with Gasteiger partial charge in [0.25, 0.3) is 0 Å². The highest BCUT2D eigenvalue weighted by molar-refractivity contribution is 9.10. The molecule has 0 radical (unpaired) electrons. The maximum absolute atomic E-state index is 11.9. The Kier molecular flexibility index (Phi) is 5.08. The molecule has 110 valence electrons. The van der Waals surface area contributed by atoms with Gasteiger partial charge in [-0.2, -0.15) is 0 Å². The summed E-state index contributed by atoms with van der Waals surface area (Å²) >= 11 is 3.50. The number of methoxy groups -OCH3 is 1. The molecule has 4 heteroatoms. The summed E-state index contributed by atoms with van der Waals surface area (Å²) in [6, 6.07) is 4.50. The molecule has 0 atom stereocenters. The summed E-state index contributed by atoms with van der Waals surface area (Å²) in [6.07, 6.45) is 6.40. The van der Waals surface area contributed by atoms with Crippen LogP contribution < -0.4 is 4.90 Å². The molecule has 2 rings (SSSR count). The number of anilines is 1. The highest BCUT2D eigenvalue weighted by atomic mass is 79.9. The van der Waals surface area contributed by atoms with Crippen molar-refractivity contribution in [2.75, 3.05) is 19.1 Å². The van der Waals surface area contributed by atoms with Gasteiger partial charge in [-0.25, -0.2) is 4.79 Å². The van der Waals surface area contributed by atoms with E-state index in [-0.39, 0.29) is 5.97 Å². The van der Waals surface area contributed by atoms with Gasteiger partial charge in [0.2, 0.25) is 0 Å². The molecule has 0 spiro atoms. The Morgan fingerprint density at radius 3 is 2.55 bits per heavy atom. The van der Waals surface area contributed by atoms with Gasteiger partial charge in [-0.3, -0.25) is 0 Å². The Bertz CT molecular complexity index is 495. The first-order chi connectivity index (χ1) is 9.54. The van der Waals surface area contributed by atoms with Crippen molar-refractivity contribution in [3.8, 4) is 0 Å². The van der Waals surface area contributed by atoms with Crippen molar-refractivity contribution in [1.29, 1.82) is 0 Å². The fourth-order valence-corrected chi connectivity index (χ4v) is 3.46. The Labute approximate surface area is 129 Å². The van der Waals surface area contributed by atoms with Gasteiger partial charge >= 0.3 is 5.97 Å². The second kappa shape index (κ2) is 6.61. The van der Waals surface area contributed by atoms with Crippen LogP contribution in [-0.2, 0) is 4.74 Å². The highest BCUT2D eigenvalue weighted by Crippen LogP contribution is 2.32. The predicted octanol–water partition coefficient (Wildman–Crippen LogP) is 4.31. The summed E-state index contributed by atoms with van der Waals surface area (Å²) in [5.41, 5.74) is 2.75. The maximum atomic E-state index is 11.9. The van der Waals surface area contributed by atoms with E-state index >= 15 is 0 Å². The first kappa shape index (κ1) is 15.4. The third-order valence-electron chi connectivity index (χ3n) is 4.25. The van der Waals surface area contributed by atoms with Gasteiger partial charge in [0, 0.05) is 23.2 Å². The van der Waals surface area contributed by atoms with Gasteiger partial charge in [0.1, 0.15) is 0 Å². The Hall–Kier alpha value is -1.03. The molecule has 1 aliphatic carbocycles. The number of hydrogen-bond acceptors (Lipinski definition) is 3. The molecule has 0 heterocycles. The van der Waals surface area contributed by atoms with Crippen molar-refractivity contribution < 1.29 is 9.53 Å². The topological polar surface area (TPSA) is 29.5 Å². The van der Waals surface area contributed by atoms with Crippen LogP contribution in [0.4, 0.5) is 5.69 Å². The molecule has 0 aromatic heterocycles. The van der Waals surface area contributed by atoms with Gasteiger partial charge < -0.3 is 9.64 Å². The van der Waals surface area contributed by atoms with Crippen molar-refractivity contribution >= 4 is 27.6 Å². The minimum Gasteiger partial charge on any atom is -0.465 e. The lowest BCUT2D eigenvalue weighted by Gasteiger charge is -2.34. The predicted molar refractivity (Wildman–Crippen MR) is 85.5 cm³/mol. The average molecular weight is 340 g/mol. The van der Waals surface area contributed by atoms with Crippen LogP contribution in [0.15, 0.2) is 16.6 Å². The van der Waals surface area contributed by atoms with Crippen LogP contribution in [0, 0.1) is 6.92 Å².